The predicted octanol–water partition coefficient (Wildman–Crippen LogP) is 2.09. The molecule has 1 aliphatic rings. The van der Waals surface area contributed by atoms with Gasteiger partial charge in [-0.05, 0) is 45.1 Å². The molecule has 1 saturated carbocycles. The first-order valence-corrected chi connectivity index (χ1v) is 7.48. The minimum Gasteiger partial charge on any atom is -0.347 e. The third kappa shape index (κ3) is 3.29. The van der Waals surface area contributed by atoms with Gasteiger partial charge in [-0.15, -0.1) is 11.3 Å². The molecule has 3 N–H and O–H groups in total. The van der Waals surface area contributed by atoms with Gasteiger partial charge in [-0.25, -0.2) is 4.98 Å². The number of carbonyl (C=O) groups excluding carboxylic acids is 1. The van der Waals surface area contributed by atoms with Crippen molar-refractivity contribution in [3.63, 3.8) is 0 Å². The minimum absolute atomic E-state index is 0.0183. The Morgan fingerprint density at radius 1 is 1.56 bits per heavy atom. The third-order valence-corrected chi connectivity index (χ3v) is 4.69. The molecule has 1 aromatic heterocycles. The minimum atomic E-state index is 0.0183. The van der Waals surface area contributed by atoms with Gasteiger partial charge in [-0.1, -0.05) is 0 Å². The van der Waals surface area contributed by atoms with Gasteiger partial charge in [0.05, 0.1) is 6.04 Å². The number of nitrogens with zero attached hydrogens (tertiary/aromatic N) is 1. The smallest absolute Gasteiger partial charge is 0.223 e. The lowest BCUT2D eigenvalue weighted by Crippen LogP contribution is -2.35. The Morgan fingerprint density at radius 2 is 2.28 bits per heavy atom. The zero-order valence-corrected chi connectivity index (χ0v) is 11.6. The van der Waals surface area contributed by atoms with Gasteiger partial charge in [0.25, 0.3) is 0 Å². The van der Waals surface area contributed by atoms with Gasteiger partial charge in [0.15, 0.2) is 0 Å². The van der Waals surface area contributed by atoms with E-state index in [0.29, 0.717) is 5.92 Å². The molecule has 18 heavy (non-hydrogen) atoms. The molecule has 4 nitrogen and oxygen atoms in total. The second-order valence-electron chi connectivity index (χ2n) is 5.05. The van der Waals surface area contributed by atoms with E-state index in [1.807, 2.05) is 12.3 Å². The maximum Gasteiger partial charge on any atom is 0.223 e. The number of amides is 1. The number of aromatic nitrogens is 1. The van der Waals surface area contributed by atoms with Gasteiger partial charge in [-0.2, -0.15) is 0 Å². The normalized spacial score (nSPS) is 25.7. The number of hydrogen-bond acceptors (Lipinski definition) is 4. The Kier molecular flexibility index (Phi) is 4.72. The van der Waals surface area contributed by atoms with E-state index >= 15 is 0 Å². The Hall–Kier alpha value is -0.940. The van der Waals surface area contributed by atoms with Crippen molar-refractivity contribution in [1.29, 1.82) is 0 Å². The Labute approximate surface area is 112 Å². The van der Waals surface area contributed by atoms with Crippen LogP contribution in [0.3, 0.4) is 0 Å². The van der Waals surface area contributed by atoms with E-state index in [1.54, 1.807) is 17.5 Å². The average molecular weight is 267 g/mol. The maximum absolute atomic E-state index is 12.1. The van der Waals surface area contributed by atoms with E-state index in [-0.39, 0.29) is 17.9 Å². The summed E-state index contributed by atoms with van der Waals surface area (Å²) in [6.07, 6.45) is 5.88. The quantitative estimate of drug-likeness (QED) is 0.877. The molecule has 1 aromatic rings. The Bertz CT molecular complexity index is 372. The SMILES string of the molecule is CC(NC(=O)C1CCC(CN)CC1)c1nccs1. The van der Waals surface area contributed by atoms with Crippen LogP contribution in [0, 0.1) is 11.8 Å². The van der Waals surface area contributed by atoms with Crippen molar-refractivity contribution in [2.45, 2.75) is 38.6 Å². The summed E-state index contributed by atoms with van der Waals surface area (Å²) in [4.78, 5) is 16.4. The highest BCUT2D eigenvalue weighted by Crippen LogP contribution is 2.28. The molecule has 1 aliphatic carbocycles. The molecule has 0 aliphatic heterocycles. The van der Waals surface area contributed by atoms with Crippen LogP contribution in [0.1, 0.15) is 43.7 Å². The highest BCUT2D eigenvalue weighted by atomic mass is 32.1. The standard InChI is InChI=1S/C13H21N3OS/c1-9(13-15-6-7-18-13)16-12(17)11-4-2-10(8-14)3-5-11/h6-7,9-11H,2-5,8,14H2,1H3,(H,16,17). The van der Waals surface area contributed by atoms with Crippen LogP contribution in [0.25, 0.3) is 0 Å². The first-order chi connectivity index (χ1) is 8.70. The lowest BCUT2D eigenvalue weighted by molar-refractivity contribution is -0.126. The lowest BCUT2D eigenvalue weighted by Gasteiger charge is -2.27. The van der Waals surface area contributed by atoms with Crippen molar-refractivity contribution in [1.82, 2.24) is 10.3 Å². The molecule has 1 heterocycles. The maximum atomic E-state index is 12.1. The highest BCUT2D eigenvalue weighted by Gasteiger charge is 2.26. The Morgan fingerprint density at radius 3 is 2.83 bits per heavy atom. The van der Waals surface area contributed by atoms with Gasteiger partial charge in [0.1, 0.15) is 5.01 Å². The molecule has 0 aromatic carbocycles. The van der Waals surface area contributed by atoms with Gasteiger partial charge in [0.2, 0.25) is 5.91 Å². The molecule has 100 valence electrons. The fraction of sp³-hybridized carbons (Fsp3) is 0.692. The van der Waals surface area contributed by atoms with Crippen LogP contribution in [0.15, 0.2) is 11.6 Å². The van der Waals surface area contributed by atoms with Crippen molar-refractivity contribution in [3.05, 3.63) is 16.6 Å². The van der Waals surface area contributed by atoms with Crippen LogP contribution in [-0.2, 0) is 4.79 Å². The lowest BCUT2D eigenvalue weighted by atomic mass is 9.81. The zero-order chi connectivity index (χ0) is 13.0. The van der Waals surface area contributed by atoms with Gasteiger partial charge in [-0.3, -0.25) is 4.79 Å². The molecular weight excluding hydrogens is 246 g/mol. The summed E-state index contributed by atoms with van der Waals surface area (Å²) in [6.45, 7) is 2.74. The van der Waals surface area contributed by atoms with Gasteiger partial charge in [0, 0.05) is 17.5 Å². The molecule has 5 heteroatoms. The van der Waals surface area contributed by atoms with Crippen LogP contribution in [0.2, 0.25) is 0 Å². The van der Waals surface area contributed by atoms with E-state index in [0.717, 1.165) is 37.2 Å². The Balaban J connectivity index is 1.82. The third-order valence-electron chi connectivity index (χ3n) is 3.73. The number of rotatable bonds is 4. The van der Waals surface area contributed by atoms with Gasteiger partial charge >= 0.3 is 0 Å². The van der Waals surface area contributed by atoms with Crippen molar-refractivity contribution in [3.8, 4) is 0 Å². The predicted molar refractivity (Wildman–Crippen MR) is 73.2 cm³/mol. The molecule has 1 amide bonds. The van der Waals surface area contributed by atoms with Crippen LogP contribution in [0.4, 0.5) is 0 Å². The van der Waals surface area contributed by atoms with Crippen LogP contribution in [-0.4, -0.2) is 17.4 Å². The number of carbonyl (C=O) groups is 1. The van der Waals surface area contributed by atoms with Crippen molar-refractivity contribution < 1.29 is 4.79 Å². The fourth-order valence-corrected chi connectivity index (χ4v) is 3.15. The number of nitrogens with one attached hydrogen (secondary N) is 1. The van der Waals surface area contributed by atoms with Crippen molar-refractivity contribution >= 4 is 17.2 Å². The van der Waals surface area contributed by atoms with E-state index in [9.17, 15) is 4.79 Å². The second kappa shape index (κ2) is 6.29. The summed E-state index contributed by atoms with van der Waals surface area (Å²) in [5.74, 6) is 0.953. The molecular formula is C13H21N3OS. The van der Waals surface area contributed by atoms with Gasteiger partial charge < -0.3 is 11.1 Å². The molecule has 0 saturated heterocycles. The first-order valence-electron chi connectivity index (χ1n) is 6.60. The summed E-state index contributed by atoms with van der Waals surface area (Å²) in [5.41, 5.74) is 5.66. The summed E-state index contributed by atoms with van der Waals surface area (Å²) >= 11 is 1.58. The van der Waals surface area contributed by atoms with Crippen LogP contribution >= 0.6 is 11.3 Å². The number of thiazole rings is 1. The zero-order valence-electron chi connectivity index (χ0n) is 10.8. The van der Waals surface area contributed by atoms with E-state index in [4.69, 9.17) is 5.73 Å². The van der Waals surface area contributed by atoms with Crippen molar-refractivity contribution in [2.24, 2.45) is 17.6 Å². The average Bonchev–Trinajstić information content (AvgIpc) is 2.92. The summed E-state index contributed by atoms with van der Waals surface area (Å²) in [5, 5.41) is 5.97. The molecule has 1 atom stereocenters. The number of hydrogen-bond donors (Lipinski definition) is 2. The van der Waals surface area contributed by atoms with Crippen molar-refractivity contribution in [2.75, 3.05) is 6.54 Å². The largest absolute Gasteiger partial charge is 0.347 e. The molecule has 1 unspecified atom stereocenters. The van der Waals surface area contributed by atoms with E-state index in [2.05, 4.69) is 10.3 Å². The molecule has 0 bridgehead atoms. The van der Waals surface area contributed by atoms with E-state index in [1.165, 1.54) is 0 Å². The van der Waals surface area contributed by atoms with Crippen LogP contribution < -0.4 is 11.1 Å². The molecule has 0 radical (unpaired) electrons. The topological polar surface area (TPSA) is 68.0 Å². The summed E-state index contributed by atoms with van der Waals surface area (Å²) in [6, 6.07) is 0.0183. The summed E-state index contributed by atoms with van der Waals surface area (Å²) < 4.78 is 0. The number of nitrogens with two attached hydrogens (primary N) is 1. The first kappa shape index (κ1) is 13.5. The molecule has 1 fully saturated rings. The second-order valence-corrected chi connectivity index (χ2v) is 5.98. The monoisotopic (exact) mass is 267 g/mol. The van der Waals surface area contributed by atoms with Crippen LogP contribution in [0.5, 0.6) is 0 Å². The highest BCUT2D eigenvalue weighted by molar-refractivity contribution is 7.09. The fourth-order valence-electron chi connectivity index (χ4n) is 2.50. The molecule has 0 spiro atoms. The molecule has 2 rings (SSSR count). The summed E-state index contributed by atoms with van der Waals surface area (Å²) in [7, 11) is 0. The van der Waals surface area contributed by atoms with E-state index < -0.39 is 0 Å².